The van der Waals surface area contributed by atoms with Crippen molar-refractivity contribution in [3.63, 3.8) is 0 Å². The molecule has 0 saturated carbocycles. The summed E-state index contributed by atoms with van der Waals surface area (Å²) < 4.78 is 5.91. The predicted molar refractivity (Wildman–Crippen MR) is 74.8 cm³/mol. The van der Waals surface area contributed by atoms with Gasteiger partial charge in [0.2, 0.25) is 0 Å². The molecule has 0 saturated heterocycles. The molecular formula is C12H9ClN4OS. The number of aryl methyl sites for hydroxylation is 1. The molecule has 19 heavy (non-hydrogen) atoms. The van der Waals surface area contributed by atoms with Gasteiger partial charge in [-0.15, -0.1) is 5.10 Å². The average molecular weight is 293 g/mol. The van der Waals surface area contributed by atoms with Gasteiger partial charge in [0.15, 0.2) is 0 Å². The maximum Gasteiger partial charge on any atom is 0.272 e. The van der Waals surface area contributed by atoms with Crippen molar-refractivity contribution >= 4 is 34.2 Å². The molecule has 0 aliphatic carbocycles. The van der Waals surface area contributed by atoms with Crippen LogP contribution in [0.5, 0.6) is 0 Å². The maximum atomic E-state index is 12.2. The standard InChI is InChI=1S/C12H9ClN4OS/c1-7-12(18)17(6-9-11(13)19-16-15-9)10-5-3-2-4-8(10)14-7/h2-5H,6H2,1H3. The van der Waals surface area contributed by atoms with Crippen LogP contribution in [0.3, 0.4) is 0 Å². The predicted octanol–water partition coefficient (Wildman–Crippen LogP) is 2.26. The number of benzene rings is 1. The minimum absolute atomic E-state index is 0.136. The molecule has 0 atom stereocenters. The summed E-state index contributed by atoms with van der Waals surface area (Å²) in [5, 5.41) is 3.95. The van der Waals surface area contributed by atoms with Crippen molar-refractivity contribution in [2.45, 2.75) is 13.5 Å². The van der Waals surface area contributed by atoms with E-state index in [0.717, 1.165) is 22.6 Å². The van der Waals surface area contributed by atoms with Crippen molar-refractivity contribution in [1.29, 1.82) is 0 Å². The summed E-state index contributed by atoms with van der Waals surface area (Å²) in [6.45, 7) is 2.00. The molecule has 7 heteroatoms. The van der Waals surface area contributed by atoms with Crippen molar-refractivity contribution in [3.05, 3.63) is 50.3 Å². The van der Waals surface area contributed by atoms with Crippen LogP contribution in [-0.2, 0) is 6.54 Å². The van der Waals surface area contributed by atoms with Crippen LogP contribution in [0.25, 0.3) is 11.0 Å². The molecule has 0 aliphatic heterocycles. The molecule has 2 aromatic heterocycles. The summed E-state index contributed by atoms with van der Waals surface area (Å²) in [7, 11) is 0. The zero-order valence-electron chi connectivity index (χ0n) is 10.00. The Labute approximate surface area is 117 Å². The minimum Gasteiger partial charge on any atom is -0.299 e. The summed E-state index contributed by atoms with van der Waals surface area (Å²) in [6, 6.07) is 7.49. The van der Waals surface area contributed by atoms with Crippen LogP contribution in [0.2, 0.25) is 4.34 Å². The van der Waals surface area contributed by atoms with E-state index in [0.29, 0.717) is 22.3 Å². The van der Waals surface area contributed by atoms with Gasteiger partial charge in [0.05, 0.1) is 17.6 Å². The van der Waals surface area contributed by atoms with E-state index < -0.39 is 0 Å². The van der Waals surface area contributed by atoms with Gasteiger partial charge in [0, 0.05) is 11.5 Å². The van der Waals surface area contributed by atoms with Crippen molar-refractivity contribution in [1.82, 2.24) is 19.1 Å². The summed E-state index contributed by atoms with van der Waals surface area (Å²) in [5.74, 6) is 0. The van der Waals surface area contributed by atoms with E-state index in [4.69, 9.17) is 11.6 Å². The van der Waals surface area contributed by atoms with Crippen molar-refractivity contribution < 1.29 is 0 Å². The third-order valence-corrected chi connectivity index (χ3v) is 3.82. The Bertz CT molecular complexity index is 811. The van der Waals surface area contributed by atoms with E-state index in [2.05, 4.69) is 14.6 Å². The normalized spacial score (nSPS) is 11.1. The van der Waals surface area contributed by atoms with Crippen LogP contribution in [0.15, 0.2) is 29.1 Å². The molecule has 0 spiro atoms. The first-order valence-corrected chi connectivity index (χ1v) is 6.75. The number of fused-ring (bicyclic) bond motifs is 1. The lowest BCUT2D eigenvalue weighted by molar-refractivity contribution is 0.751. The van der Waals surface area contributed by atoms with Crippen molar-refractivity contribution in [2.24, 2.45) is 0 Å². The first-order valence-electron chi connectivity index (χ1n) is 5.59. The lowest BCUT2D eigenvalue weighted by atomic mass is 10.2. The van der Waals surface area contributed by atoms with E-state index in [1.165, 1.54) is 0 Å². The highest BCUT2D eigenvalue weighted by atomic mass is 35.5. The Morgan fingerprint density at radius 3 is 2.89 bits per heavy atom. The monoisotopic (exact) mass is 292 g/mol. The van der Waals surface area contributed by atoms with Crippen molar-refractivity contribution in [2.75, 3.05) is 0 Å². The van der Waals surface area contributed by atoms with Crippen LogP contribution in [0.4, 0.5) is 0 Å². The Morgan fingerprint density at radius 2 is 2.16 bits per heavy atom. The van der Waals surface area contributed by atoms with Crippen LogP contribution in [0, 0.1) is 6.92 Å². The molecule has 5 nitrogen and oxygen atoms in total. The Morgan fingerprint density at radius 1 is 1.37 bits per heavy atom. The quantitative estimate of drug-likeness (QED) is 0.727. The number of halogens is 1. The zero-order valence-corrected chi connectivity index (χ0v) is 11.6. The number of hydrogen-bond acceptors (Lipinski definition) is 5. The maximum absolute atomic E-state index is 12.2. The average Bonchev–Trinajstić information content (AvgIpc) is 2.80. The van der Waals surface area contributed by atoms with Gasteiger partial charge in [-0.25, -0.2) is 4.98 Å². The molecule has 0 fully saturated rings. The second-order valence-electron chi connectivity index (χ2n) is 4.07. The second kappa shape index (κ2) is 4.71. The Kier molecular flexibility index (Phi) is 3.04. The Balaban J connectivity index is 2.24. The van der Waals surface area contributed by atoms with E-state index in [1.54, 1.807) is 11.5 Å². The molecule has 96 valence electrons. The molecule has 0 N–H and O–H groups in total. The molecule has 1 aromatic carbocycles. The molecule has 0 radical (unpaired) electrons. The van der Waals surface area contributed by atoms with Crippen LogP contribution < -0.4 is 5.56 Å². The highest BCUT2D eigenvalue weighted by molar-refractivity contribution is 7.10. The van der Waals surface area contributed by atoms with Crippen LogP contribution >= 0.6 is 23.1 Å². The minimum atomic E-state index is -0.136. The van der Waals surface area contributed by atoms with Crippen LogP contribution in [0.1, 0.15) is 11.4 Å². The van der Waals surface area contributed by atoms with Gasteiger partial charge in [-0.2, -0.15) is 0 Å². The lowest BCUT2D eigenvalue weighted by Gasteiger charge is -2.09. The van der Waals surface area contributed by atoms with E-state index >= 15 is 0 Å². The van der Waals surface area contributed by atoms with E-state index in [1.807, 2.05) is 24.3 Å². The summed E-state index contributed by atoms with van der Waals surface area (Å²) in [5.41, 5.74) is 2.46. The Hall–Kier alpha value is -1.79. The highest BCUT2D eigenvalue weighted by Crippen LogP contribution is 2.19. The third-order valence-electron chi connectivity index (χ3n) is 2.83. The molecule has 2 heterocycles. The molecule has 0 unspecified atom stereocenters. The number of rotatable bonds is 2. The van der Waals surface area contributed by atoms with Gasteiger partial charge in [-0.3, -0.25) is 9.36 Å². The zero-order chi connectivity index (χ0) is 13.4. The molecule has 0 bridgehead atoms. The number of aromatic nitrogens is 4. The van der Waals surface area contributed by atoms with E-state index in [9.17, 15) is 4.79 Å². The molecule has 3 aromatic rings. The SMILES string of the molecule is Cc1nc2ccccc2n(Cc2nnsc2Cl)c1=O. The molecule has 3 rings (SSSR count). The fourth-order valence-electron chi connectivity index (χ4n) is 1.92. The number of para-hydroxylation sites is 2. The molecular weight excluding hydrogens is 284 g/mol. The molecule has 0 aliphatic rings. The first-order chi connectivity index (χ1) is 9.16. The topological polar surface area (TPSA) is 60.7 Å². The van der Waals surface area contributed by atoms with Crippen molar-refractivity contribution in [3.8, 4) is 0 Å². The lowest BCUT2D eigenvalue weighted by Crippen LogP contribution is -2.24. The number of hydrogen-bond donors (Lipinski definition) is 0. The smallest absolute Gasteiger partial charge is 0.272 e. The largest absolute Gasteiger partial charge is 0.299 e. The summed E-state index contributed by atoms with van der Waals surface area (Å²) in [6.07, 6.45) is 0. The summed E-state index contributed by atoms with van der Waals surface area (Å²) in [4.78, 5) is 16.5. The van der Waals surface area contributed by atoms with Gasteiger partial charge < -0.3 is 0 Å². The van der Waals surface area contributed by atoms with Gasteiger partial charge in [-0.05, 0) is 19.1 Å². The van der Waals surface area contributed by atoms with Gasteiger partial charge in [0.25, 0.3) is 5.56 Å². The molecule has 0 amide bonds. The first kappa shape index (κ1) is 12.3. The summed E-state index contributed by atoms with van der Waals surface area (Å²) >= 11 is 7.11. The van der Waals surface area contributed by atoms with E-state index in [-0.39, 0.29) is 5.56 Å². The fraction of sp³-hybridized carbons (Fsp3) is 0.167. The third kappa shape index (κ3) is 2.13. The second-order valence-corrected chi connectivity index (χ2v) is 5.43. The van der Waals surface area contributed by atoms with Crippen LogP contribution in [-0.4, -0.2) is 19.1 Å². The fourth-order valence-corrected chi connectivity index (χ4v) is 2.53. The van der Waals surface area contributed by atoms with Gasteiger partial charge in [-0.1, -0.05) is 28.2 Å². The number of nitrogens with zero attached hydrogens (tertiary/aromatic N) is 4. The van der Waals surface area contributed by atoms with Gasteiger partial charge >= 0.3 is 0 Å². The van der Waals surface area contributed by atoms with Gasteiger partial charge in [0.1, 0.15) is 15.7 Å². The highest BCUT2D eigenvalue weighted by Gasteiger charge is 2.12.